The number of rotatable bonds is 7. The molecule has 2 aromatic carbocycles. The van der Waals surface area contributed by atoms with E-state index in [1.54, 1.807) is 24.0 Å². The Labute approximate surface area is 191 Å². The van der Waals surface area contributed by atoms with Crippen molar-refractivity contribution in [2.24, 2.45) is 0 Å². The number of piperazine rings is 1. The second-order valence-corrected chi connectivity index (χ2v) is 9.60. The minimum atomic E-state index is -4.44. The van der Waals surface area contributed by atoms with Gasteiger partial charge in [-0.2, -0.15) is 17.5 Å². The number of halogens is 3. The lowest BCUT2D eigenvalue weighted by Crippen LogP contribution is -2.48. The van der Waals surface area contributed by atoms with Gasteiger partial charge in [-0.3, -0.25) is 4.79 Å². The van der Waals surface area contributed by atoms with Gasteiger partial charge in [-0.05, 0) is 42.8 Å². The number of ether oxygens (including phenoxy) is 1. The maximum atomic E-state index is 13.2. The third-order valence-electron chi connectivity index (χ3n) is 5.46. The van der Waals surface area contributed by atoms with Crippen molar-refractivity contribution in [2.45, 2.75) is 18.0 Å². The molecule has 0 saturated carbocycles. The van der Waals surface area contributed by atoms with Crippen molar-refractivity contribution in [2.75, 3.05) is 51.3 Å². The molecule has 180 valence electrons. The minimum absolute atomic E-state index is 0.00231. The molecule has 1 aliphatic rings. The molecule has 11 heteroatoms. The molecule has 1 aliphatic heterocycles. The smallest absolute Gasteiger partial charge is 0.383 e. The lowest BCUT2D eigenvalue weighted by atomic mass is 10.1. The highest BCUT2D eigenvalue weighted by molar-refractivity contribution is 7.89. The zero-order chi connectivity index (χ0) is 24.2. The Morgan fingerprint density at radius 3 is 2.42 bits per heavy atom. The number of carbonyl (C=O) groups excluding carboxylic acids is 1. The number of sulfonamides is 1. The van der Waals surface area contributed by atoms with E-state index in [0.29, 0.717) is 24.4 Å². The van der Waals surface area contributed by atoms with Crippen LogP contribution in [-0.2, 0) is 20.9 Å². The first-order chi connectivity index (χ1) is 15.5. The molecule has 33 heavy (non-hydrogen) atoms. The molecule has 1 fully saturated rings. The van der Waals surface area contributed by atoms with Crippen molar-refractivity contribution >= 4 is 21.6 Å². The van der Waals surface area contributed by atoms with Gasteiger partial charge in [-0.25, -0.2) is 8.42 Å². The quantitative estimate of drug-likeness (QED) is 0.611. The lowest BCUT2D eigenvalue weighted by molar-refractivity contribution is -0.137. The second-order valence-electron chi connectivity index (χ2n) is 7.66. The van der Waals surface area contributed by atoms with Gasteiger partial charge in [0, 0.05) is 51.1 Å². The van der Waals surface area contributed by atoms with Crippen LogP contribution in [0, 0.1) is 6.92 Å². The molecule has 0 radical (unpaired) electrons. The summed E-state index contributed by atoms with van der Waals surface area (Å²) in [5.41, 5.74) is 0.547. The first kappa shape index (κ1) is 25.0. The summed E-state index contributed by atoms with van der Waals surface area (Å²) in [6.07, 6.45) is -4.44. The van der Waals surface area contributed by atoms with Crippen molar-refractivity contribution in [3.63, 3.8) is 0 Å². The van der Waals surface area contributed by atoms with Crippen LogP contribution in [-0.4, -0.2) is 65.1 Å². The van der Waals surface area contributed by atoms with Crippen molar-refractivity contribution in [3.8, 4) is 0 Å². The van der Waals surface area contributed by atoms with Gasteiger partial charge in [-0.15, -0.1) is 0 Å². The average Bonchev–Trinajstić information content (AvgIpc) is 2.79. The van der Waals surface area contributed by atoms with E-state index in [4.69, 9.17) is 4.74 Å². The summed E-state index contributed by atoms with van der Waals surface area (Å²) >= 11 is 0. The molecule has 0 aromatic heterocycles. The molecule has 0 atom stereocenters. The molecule has 3 rings (SSSR count). The van der Waals surface area contributed by atoms with Crippen LogP contribution in [0.2, 0.25) is 0 Å². The predicted octanol–water partition coefficient (Wildman–Crippen LogP) is 2.90. The number of methoxy groups -OCH3 is 1. The van der Waals surface area contributed by atoms with Crippen LogP contribution in [0.25, 0.3) is 0 Å². The third-order valence-corrected chi connectivity index (χ3v) is 7.36. The van der Waals surface area contributed by atoms with Gasteiger partial charge in [0.2, 0.25) is 10.0 Å². The van der Waals surface area contributed by atoms with Crippen LogP contribution in [0.4, 0.5) is 18.9 Å². The Kier molecular flexibility index (Phi) is 7.65. The molecule has 1 amide bonds. The zero-order valence-electron chi connectivity index (χ0n) is 18.4. The molecule has 2 aromatic rings. The summed E-state index contributed by atoms with van der Waals surface area (Å²) in [5, 5.41) is 2.68. The van der Waals surface area contributed by atoms with E-state index in [2.05, 4.69) is 5.32 Å². The molecule has 0 unspecified atom stereocenters. The van der Waals surface area contributed by atoms with Gasteiger partial charge < -0.3 is 15.0 Å². The molecule has 1 N–H and O–H groups in total. The maximum Gasteiger partial charge on any atom is 0.416 e. The van der Waals surface area contributed by atoms with Crippen LogP contribution in [0.3, 0.4) is 0 Å². The number of carbonyl (C=O) groups is 1. The molecule has 1 saturated heterocycles. The van der Waals surface area contributed by atoms with Gasteiger partial charge in [0.05, 0.1) is 17.1 Å². The Hall–Kier alpha value is -2.63. The summed E-state index contributed by atoms with van der Waals surface area (Å²) in [6.45, 7) is 3.06. The van der Waals surface area contributed by atoms with Gasteiger partial charge >= 0.3 is 6.18 Å². The fraction of sp³-hybridized carbons (Fsp3) is 0.409. The highest BCUT2D eigenvalue weighted by atomic mass is 32.2. The Morgan fingerprint density at radius 1 is 1.09 bits per heavy atom. The normalized spacial score (nSPS) is 15.5. The first-order valence-corrected chi connectivity index (χ1v) is 11.8. The summed E-state index contributed by atoms with van der Waals surface area (Å²) in [6, 6.07) is 9.38. The number of benzene rings is 2. The Balaban J connectivity index is 1.73. The topological polar surface area (TPSA) is 78.9 Å². The molecule has 1 heterocycles. The number of alkyl halides is 3. The van der Waals surface area contributed by atoms with Crippen LogP contribution in [0.1, 0.15) is 21.5 Å². The minimum Gasteiger partial charge on any atom is -0.383 e. The highest BCUT2D eigenvalue weighted by Crippen LogP contribution is 2.32. The van der Waals surface area contributed by atoms with Crippen molar-refractivity contribution in [1.29, 1.82) is 0 Å². The number of amides is 1. The van der Waals surface area contributed by atoms with Crippen LogP contribution < -0.4 is 10.2 Å². The maximum absolute atomic E-state index is 13.2. The fourth-order valence-electron chi connectivity index (χ4n) is 3.58. The largest absolute Gasteiger partial charge is 0.416 e. The Morgan fingerprint density at radius 2 is 1.79 bits per heavy atom. The monoisotopic (exact) mass is 485 g/mol. The molecule has 7 nitrogen and oxygen atoms in total. The summed E-state index contributed by atoms with van der Waals surface area (Å²) in [7, 11) is -2.36. The first-order valence-electron chi connectivity index (χ1n) is 10.3. The molecule has 0 bridgehead atoms. The highest BCUT2D eigenvalue weighted by Gasteiger charge is 2.32. The second kappa shape index (κ2) is 10.1. The fourth-order valence-corrected chi connectivity index (χ4v) is 5.03. The van der Waals surface area contributed by atoms with Crippen molar-refractivity contribution in [3.05, 3.63) is 59.2 Å². The standard InChI is InChI=1S/C22H26F3N3O4S/c1-16-6-7-19(15-20(16)21(29)26-8-13-32-2)33(30,31)28-11-9-27(10-12-28)18-5-3-4-17(14-18)22(23,24)25/h3-7,14-15H,8-13H2,1-2H3,(H,26,29). The molecule has 0 spiro atoms. The SMILES string of the molecule is COCCNC(=O)c1cc(S(=O)(=O)N2CCN(c3cccc(C(F)(F)F)c3)CC2)ccc1C. The number of nitrogens with one attached hydrogen (secondary N) is 1. The lowest BCUT2D eigenvalue weighted by Gasteiger charge is -2.35. The van der Waals surface area contributed by atoms with E-state index in [1.165, 1.54) is 29.6 Å². The number of hydrogen-bond acceptors (Lipinski definition) is 5. The number of aryl methyl sites for hydroxylation is 1. The third kappa shape index (κ3) is 5.84. The van der Waals surface area contributed by atoms with Gasteiger partial charge in [0.15, 0.2) is 0 Å². The van der Waals surface area contributed by atoms with Gasteiger partial charge in [0.1, 0.15) is 0 Å². The van der Waals surface area contributed by atoms with E-state index in [1.807, 2.05) is 0 Å². The van der Waals surface area contributed by atoms with Crippen LogP contribution in [0.15, 0.2) is 47.4 Å². The van der Waals surface area contributed by atoms with Crippen LogP contribution in [0.5, 0.6) is 0 Å². The van der Waals surface area contributed by atoms with E-state index in [0.717, 1.165) is 12.1 Å². The number of nitrogens with zero attached hydrogens (tertiary/aromatic N) is 2. The summed E-state index contributed by atoms with van der Waals surface area (Å²) in [4.78, 5) is 14.2. The van der Waals surface area contributed by atoms with E-state index < -0.39 is 27.7 Å². The summed E-state index contributed by atoms with van der Waals surface area (Å²) in [5.74, 6) is -0.393. The van der Waals surface area contributed by atoms with Gasteiger partial charge in [-0.1, -0.05) is 12.1 Å². The average molecular weight is 486 g/mol. The number of hydrogen-bond donors (Lipinski definition) is 1. The summed E-state index contributed by atoms with van der Waals surface area (Å²) < 4.78 is 71.5. The van der Waals surface area contributed by atoms with Crippen LogP contribution >= 0.6 is 0 Å². The van der Waals surface area contributed by atoms with E-state index in [-0.39, 0.29) is 36.6 Å². The van der Waals surface area contributed by atoms with E-state index >= 15 is 0 Å². The molecule has 0 aliphatic carbocycles. The number of anilines is 1. The Bertz CT molecular complexity index is 1100. The molecular weight excluding hydrogens is 459 g/mol. The van der Waals surface area contributed by atoms with Crippen molar-refractivity contribution in [1.82, 2.24) is 9.62 Å². The molecular formula is C22H26F3N3O4S. The van der Waals surface area contributed by atoms with Gasteiger partial charge in [0.25, 0.3) is 5.91 Å². The zero-order valence-corrected chi connectivity index (χ0v) is 19.2. The van der Waals surface area contributed by atoms with Crippen molar-refractivity contribution < 1.29 is 31.1 Å². The van der Waals surface area contributed by atoms with E-state index in [9.17, 15) is 26.4 Å². The predicted molar refractivity (Wildman–Crippen MR) is 118 cm³/mol.